The normalized spacial score (nSPS) is 11.0. The molecule has 2 rings (SSSR count). The van der Waals surface area contributed by atoms with Crippen LogP contribution in [0.1, 0.15) is 18.1 Å². The van der Waals surface area contributed by atoms with Crippen molar-refractivity contribution in [2.24, 2.45) is 0 Å². The number of aliphatic hydroxyl groups is 1. The molecule has 4 nitrogen and oxygen atoms in total. The Morgan fingerprint density at radius 1 is 1.09 bits per heavy atom. The summed E-state index contributed by atoms with van der Waals surface area (Å²) in [5.41, 5.74) is 2.41. The largest absolute Gasteiger partial charge is 0.394 e. The minimum Gasteiger partial charge on any atom is -0.394 e. The Morgan fingerprint density at radius 3 is 2.50 bits per heavy atom. The molecule has 0 saturated carbocycles. The number of amides is 2. The van der Waals surface area contributed by atoms with Crippen molar-refractivity contribution in [3.05, 3.63) is 65.7 Å². The maximum atomic E-state index is 11.7. The molecule has 22 heavy (non-hydrogen) atoms. The summed E-state index contributed by atoms with van der Waals surface area (Å²) in [7, 11) is 0. The van der Waals surface area contributed by atoms with E-state index < -0.39 is 0 Å². The van der Waals surface area contributed by atoms with Gasteiger partial charge in [0.15, 0.2) is 0 Å². The highest BCUT2D eigenvalue weighted by molar-refractivity contribution is 5.89. The minimum atomic E-state index is -0.352. The topological polar surface area (TPSA) is 61.4 Å². The van der Waals surface area contributed by atoms with Gasteiger partial charge in [0, 0.05) is 16.8 Å². The van der Waals surface area contributed by atoms with Gasteiger partial charge in [-0.15, -0.1) is 0 Å². The molecule has 0 saturated heterocycles. The molecule has 0 aliphatic carbocycles. The molecule has 2 aromatic rings. The predicted molar refractivity (Wildman–Crippen MR) is 87.6 cm³/mol. The van der Waals surface area contributed by atoms with Crippen molar-refractivity contribution in [2.75, 3.05) is 11.9 Å². The smallest absolute Gasteiger partial charge is 0.319 e. The highest BCUT2D eigenvalue weighted by Gasteiger charge is 2.05. The van der Waals surface area contributed by atoms with Crippen LogP contribution >= 0.6 is 0 Å². The number of rotatable bonds is 3. The Morgan fingerprint density at radius 2 is 1.77 bits per heavy atom. The van der Waals surface area contributed by atoms with Crippen molar-refractivity contribution in [3.8, 4) is 11.8 Å². The lowest BCUT2D eigenvalue weighted by atomic mass is 10.1. The van der Waals surface area contributed by atoms with Crippen LogP contribution in [0.25, 0.3) is 0 Å². The maximum Gasteiger partial charge on any atom is 0.319 e. The van der Waals surface area contributed by atoms with E-state index in [9.17, 15) is 4.79 Å². The highest BCUT2D eigenvalue weighted by Crippen LogP contribution is 2.10. The standard InChI is InChI=1S/C18H18N2O2/c1-14(13-21)19-18(22)20-17-9-5-8-16(12-17)11-10-15-6-3-2-4-7-15/h2-9,12,14,21H,13H2,1H3,(H2,19,20,22)/t14-/m0/s1. The monoisotopic (exact) mass is 294 g/mol. The van der Waals surface area contributed by atoms with Gasteiger partial charge in [-0.05, 0) is 37.3 Å². The van der Waals surface area contributed by atoms with E-state index in [1.165, 1.54) is 0 Å². The number of aliphatic hydroxyl groups excluding tert-OH is 1. The van der Waals surface area contributed by atoms with E-state index in [-0.39, 0.29) is 18.7 Å². The van der Waals surface area contributed by atoms with E-state index in [1.807, 2.05) is 42.5 Å². The summed E-state index contributed by atoms with van der Waals surface area (Å²) in [4.78, 5) is 11.7. The zero-order valence-electron chi connectivity index (χ0n) is 12.3. The van der Waals surface area contributed by atoms with Crippen LogP contribution < -0.4 is 10.6 Å². The van der Waals surface area contributed by atoms with Crippen LogP contribution in [0.3, 0.4) is 0 Å². The fourth-order valence-corrected chi connectivity index (χ4v) is 1.78. The van der Waals surface area contributed by atoms with Gasteiger partial charge >= 0.3 is 6.03 Å². The quantitative estimate of drug-likeness (QED) is 0.762. The third kappa shape index (κ3) is 4.97. The Kier molecular flexibility index (Phi) is 5.58. The number of urea groups is 1. The maximum absolute atomic E-state index is 11.7. The Bertz CT molecular complexity index is 687. The van der Waals surface area contributed by atoms with Gasteiger partial charge in [-0.3, -0.25) is 0 Å². The van der Waals surface area contributed by atoms with Gasteiger partial charge in [-0.1, -0.05) is 36.1 Å². The van der Waals surface area contributed by atoms with Gasteiger partial charge in [0.1, 0.15) is 0 Å². The number of nitrogens with one attached hydrogen (secondary N) is 2. The van der Waals surface area contributed by atoms with Gasteiger partial charge < -0.3 is 15.7 Å². The molecule has 2 amide bonds. The van der Waals surface area contributed by atoms with Crippen molar-refractivity contribution >= 4 is 11.7 Å². The summed E-state index contributed by atoms with van der Waals surface area (Å²) in [5, 5.41) is 14.2. The van der Waals surface area contributed by atoms with Gasteiger partial charge in [0.2, 0.25) is 0 Å². The van der Waals surface area contributed by atoms with E-state index in [2.05, 4.69) is 22.5 Å². The van der Waals surface area contributed by atoms with Gasteiger partial charge in [0.25, 0.3) is 0 Å². The third-order valence-corrected chi connectivity index (χ3v) is 2.90. The molecule has 1 atom stereocenters. The summed E-state index contributed by atoms with van der Waals surface area (Å²) >= 11 is 0. The van der Waals surface area contributed by atoms with Crippen molar-refractivity contribution in [1.29, 1.82) is 0 Å². The van der Waals surface area contributed by atoms with E-state index in [4.69, 9.17) is 5.11 Å². The summed E-state index contributed by atoms with van der Waals surface area (Å²) in [6.07, 6.45) is 0. The van der Waals surface area contributed by atoms with E-state index >= 15 is 0 Å². The Labute approximate surface area is 130 Å². The number of hydrogen-bond acceptors (Lipinski definition) is 2. The number of anilines is 1. The molecule has 0 radical (unpaired) electrons. The van der Waals surface area contributed by atoms with Crippen molar-refractivity contribution < 1.29 is 9.90 Å². The molecule has 0 heterocycles. The van der Waals surface area contributed by atoms with Gasteiger partial charge in [-0.25, -0.2) is 4.79 Å². The molecular weight excluding hydrogens is 276 g/mol. The van der Waals surface area contributed by atoms with Gasteiger partial charge in [-0.2, -0.15) is 0 Å². The highest BCUT2D eigenvalue weighted by atomic mass is 16.3. The Balaban J connectivity index is 2.04. The van der Waals surface area contributed by atoms with Crippen LogP contribution in [-0.4, -0.2) is 23.8 Å². The van der Waals surface area contributed by atoms with Crippen LogP contribution in [0.4, 0.5) is 10.5 Å². The molecule has 0 fully saturated rings. The SMILES string of the molecule is C[C@@H](CO)NC(=O)Nc1cccc(C#Cc2ccccc2)c1. The first kappa shape index (κ1) is 15.6. The van der Waals surface area contributed by atoms with Crippen molar-refractivity contribution in [2.45, 2.75) is 13.0 Å². The predicted octanol–water partition coefficient (Wildman–Crippen LogP) is 2.59. The minimum absolute atomic E-state index is 0.101. The Hall–Kier alpha value is -2.77. The van der Waals surface area contributed by atoms with Crippen LogP contribution in [-0.2, 0) is 0 Å². The summed E-state index contributed by atoms with van der Waals surface area (Å²) in [6, 6.07) is 16.4. The molecule has 0 aliphatic heterocycles. The summed E-state index contributed by atoms with van der Waals surface area (Å²) < 4.78 is 0. The lowest BCUT2D eigenvalue weighted by Crippen LogP contribution is -2.38. The fraction of sp³-hybridized carbons (Fsp3) is 0.167. The zero-order chi connectivity index (χ0) is 15.8. The molecule has 3 N–H and O–H groups in total. The first-order chi connectivity index (χ1) is 10.7. The molecule has 0 spiro atoms. The molecule has 0 bridgehead atoms. The molecule has 4 heteroatoms. The number of benzene rings is 2. The second kappa shape index (κ2) is 7.87. The zero-order valence-corrected chi connectivity index (χ0v) is 12.3. The van der Waals surface area contributed by atoms with Crippen molar-refractivity contribution in [3.63, 3.8) is 0 Å². The average Bonchev–Trinajstić information content (AvgIpc) is 2.54. The lowest BCUT2D eigenvalue weighted by molar-refractivity contribution is 0.229. The molecule has 0 aromatic heterocycles. The second-order valence-corrected chi connectivity index (χ2v) is 4.88. The lowest BCUT2D eigenvalue weighted by Gasteiger charge is -2.12. The molecule has 2 aromatic carbocycles. The number of carbonyl (C=O) groups is 1. The first-order valence-electron chi connectivity index (χ1n) is 7.03. The molecular formula is C18H18N2O2. The third-order valence-electron chi connectivity index (χ3n) is 2.90. The van der Waals surface area contributed by atoms with E-state index in [0.717, 1.165) is 11.1 Å². The van der Waals surface area contributed by atoms with Crippen LogP contribution in [0, 0.1) is 11.8 Å². The van der Waals surface area contributed by atoms with Crippen LogP contribution in [0.2, 0.25) is 0 Å². The first-order valence-corrected chi connectivity index (χ1v) is 7.03. The summed E-state index contributed by atoms with van der Waals surface area (Å²) in [5.74, 6) is 6.14. The van der Waals surface area contributed by atoms with E-state index in [1.54, 1.807) is 19.1 Å². The number of hydrogen-bond donors (Lipinski definition) is 3. The van der Waals surface area contributed by atoms with Crippen LogP contribution in [0.15, 0.2) is 54.6 Å². The van der Waals surface area contributed by atoms with Crippen molar-refractivity contribution in [1.82, 2.24) is 5.32 Å². The fourth-order valence-electron chi connectivity index (χ4n) is 1.78. The van der Waals surface area contributed by atoms with Crippen LogP contribution in [0.5, 0.6) is 0 Å². The van der Waals surface area contributed by atoms with E-state index in [0.29, 0.717) is 5.69 Å². The summed E-state index contributed by atoms with van der Waals surface area (Å²) in [6.45, 7) is 1.62. The average molecular weight is 294 g/mol. The number of carbonyl (C=O) groups excluding carboxylic acids is 1. The molecule has 0 aliphatic rings. The van der Waals surface area contributed by atoms with Gasteiger partial charge in [0.05, 0.1) is 12.6 Å². The molecule has 112 valence electrons. The molecule has 0 unspecified atom stereocenters. The second-order valence-electron chi connectivity index (χ2n) is 4.88.